The predicted molar refractivity (Wildman–Crippen MR) is 128 cm³/mol. The van der Waals surface area contributed by atoms with Crippen LogP contribution in [0.2, 0.25) is 0 Å². The number of fused-ring (bicyclic) bond motifs is 13. The van der Waals surface area contributed by atoms with Crippen molar-refractivity contribution in [3.05, 3.63) is 54.7 Å². The zero-order chi connectivity index (χ0) is 23.1. The number of rotatable bonds is 1. The van der Waals surface area contributed by atoms with Crippen LogP contribution in [0.5, 0.6) is 5.88 Å². The molecule has 2 aliphatic heterocycles. The highest BCUT2D eigenvalue weighted by molar-refractivity contribution is 6.37. The lowest BCUT2D eigenvalue weighted by Crippen LogP contribution is -2.58. The van der Waals surface area contributed by atoms with E-state index in [0.717, 1.165) is 54.4 Å². The predicted octanol–water partition coefficient (Wildman–Crippen LogP) is 3.91. The molecule has 34 heavy (non-hydrogen) atoms. The number of ether oxygens (including phenoxy) is 1. The van der Waals surface area contributed by atoms with Gasteiger partial charge in [-0.2, -0.15) is 0 Å². The number of aromatic hydroxyl groups is 1. The standard InChI is InChI=1S/C26H20N4O4/c1-25-26(33,24(27)32)10-17(34-25)29-15-8-4-2-6-12(15)19-20-14(11-28-23(20)31)18-13-7-3-5-9-16(13)30(25)22(18)21(19)29/h2-9,11,17,28,31,33H,10H2,1H3,(H2,27,32)/t17?,25-,26+/m0/s1. The molecule has 1 unspecified atom stereocenters. The Labute approximate surface area is 191 Å². The lowest BCUT2D eigenvalue weighted by molar-refractivity contribution is -0.184. The molecule has 3 aromatic carbocycles. The fourth-order valence-corrected chi connectivity index (χ4v) is 6.65. The van der Waals surface area contributed by atoms with Crippen molar-refractivity contribution < 1.29 is 19.7 Å². The van der Waals surface area contributed by atoms with Crippen LogP contribution in [0, 0.1) is 0 Å². The first-order valence-electron chi connectivity index (χ1n) is 11.2. The molecule has 2 bridgehead atoms. The van der Waals surface area contributed by atoms with Crippen molar-refractivity contribution in [1.82, 2.24) is 14.1 Å². The van der Waals surface area contributed by atoms with Crippen LogP contribution in [0.1, 0.15) is 19.6 Å². The molecule has 3 aromatic heterocycles. The van der Waals surface area contributed by atoms with E-state index in [-0.39, 0.29) is 12.3 Å². The Balaban J connectivity index is 1.80. The molecule has 3 atom stereocenters. The summed E-state index contributed by atoms with van der Waals surface area (Å²) < 4.78 is 10.6. The Kier molecular flexibility index (Phi) is 2.91. The second kappa shape index (κ2) is 5.38. The third kappa shape index (κ3) is 1.69. The maximum atomic E-state index is 12.8. The average molecular weight is 452 g/mol. The second-order valence-corrected chi connectivity index (χ2v) is 9.60. The van der Waals surface area contributed by atoms with E-state index in [9.17, 15) is 15.0 Å². The molecule has 1 fully saturated rings. The third-order valence-corrected chi connectivity index (χ3v) is 8.11. The van der Waals surface area contributed by atoms with Gasteiger partial charge in [-0.15, -0.1) is 0 Å². The van der Waals surface area contributed by atoms with Crippen molar-refractivity contribution in [2.45, 2.75) is 30.9 Å². The minimum atomic E-state index is -1.93. The molecule has 0 aliphatic carbocycles. The minimum absolute atomic E-state index is 0.0111. The maximum Gasteiger partial charge on any atom is 0.254 e. The lowest BCUT2D eigenvalue weighted by Gasteiger charge is -2.37. The van der Waals surface area contributed by atoms with E-state index in [1.807, 2.05) is 59.3 Å². The number of H-pyrrole nitrogens is 1. The van der Waals surface area contributed by atoms with E-state index >= 15 is 0 Å². The topological polar surface area (TPSA) is 118 Å². The number of carbonyl (C=O) groups is 1. The number of primary amides is 1. The number of aromatic nitrogens is 3. The number of amides is 1. The molecule has 0 saturated carbocycles. The van der Waals surface area contributed by atoms with Gasteiger partial charge in [0.1, 0.15) is 6.23 Å². The highest BCUT2D eigenvalue weighted by Gasteiger charge is 2.64. The molecule has 0 radical (unpaired) electrons. The van der Waals surface area contributed by atoms with Crippen LogP contribution in [-0.4, -0.2) is 35.8 Å². The normalized spacial score (nSPS) is 26.0. The molecular formula is C26H20N4O4. The summed E-state index contributed by atoms with van der Waals surface area (Å²) in [6.45, 7) is 1.74. The number of nitrogens with one attached hydrogen (secondary N) is 1. The largest absolute Gasteiger partial charge is 0.494 e. The summed E-state index contributed by atoms with van der Waals surface area (Å²) in [5.41, 5.74) is 5.90. The highest BCUT2D eigenvalue weighted by atomic mass is 16.6. The van der Waals surface area contributed by atoms with Crippen LogP contribution in [0.25, 0.3) is 54.4 Å². The maximum absolute atomic E-state index is 12.8. The van der Waals surface area contributed by atoms with Crippen LogP contribution < -0.4 is 5.73 Å². The summed E-state index contributed by atoms with van der Waals surface area (Å²) in [5, 5.41) is 28.0. The number of para-hydroxylation sites is 2. The van der Waals surface area contributed by atoms with Crippen molar-refractivity contribution in [2.75, 3.05) is 0 Å². The first kappa shape index (κ1) is 18.4. The van der Waals surface area contributed by atoms with Gasteiger partial charge in [-0.1, -0.05) is 36.4 Å². The van der Waals surface area contributed by atoms with Gasteiger partial charge in [-0.25, -0.2) is 0 Å². The minimum Gasteiger partial charge on any atom is -0.494 e. The Bertz CT molecular complexity index is 1910. The number of aliphatic hydroxyl groups is 1. The van der Waals surface area contributed by atoms with Gasteiger partial charge in [-0.05, 0) is 19.1 Å². The van der Waals surface area contributed by atoms with E-state index in [1.165, 1.54) is 0 Å². The molecule has 8 heteroatoms. The molecule has 168 valence electrons. The summed E-state index contributed by atoms with van der Waals surface area (Å²) in [7, 11) is 0. The molecule has 6 aromatic rings. The van der Waals surface area contributed by atoms with Gasteiger partial charge in [0.25, 0.3) is 5.91 Å². The molecule has 5 heterocycles. The van der Waals surface area contributed by atoms with Gasteiger partial charge < -0.3 is 34.8 Å². The summed E-state index contributed by atoms with van der Waals surface area (Å²) >= 11 is 0. The molecular weight excluding hydrogens is 432 g/mol. The molecule has 0 spiro atoms. The van der Waals surface area contributed by atoms with Crippen molar-refractivity contribution in [3.8, 4) is 5.88 Å². The third-order valence-electron chi connectivity index (χ3n) is 8.11. The Hall–Kier alpha value is -4.01. The number of aromatic amines is 1. The van der Waals surface area contributed by atoms with Crippen LogP contribution in [0.15, 0.2) is 54.7 Å². The van der Waals surface area contributed by atoms with Crippen molar-refractivity contribution >= 4 is 60.3 Å². The first-order valence-corrected chi connectivity index (χ1v) is 11.2. The molecule has 8 nitrogen and oxygen atoms in total. The molecule has 2 aliphatic rings. The monoisotopic (exact) mass is 452 g/mol. The van der Waals surface area contributed by atoms with Crippen LogP contribution in [0.3, 0.4) is 0 Å². The molecule has 1 saturated heterocycles. The number of hydrogen-bond donors (Lipinski definition) is 4. The first-order chi connectivity index (χ1) is 16.4. The zero-order valence-electron chi connectivity index (χ0n) is 18.2. The zero-order valence-corrected chi connectivity index (χ0v) is 18.2. The van der Waals surface area contributed by atoms with Crippen LogP contribution in [0.4, 0.5) is 0 Å². The summed E-state index contributed by atoms with van der Waals surface area (Å²) in [6, 6.07) is 15.8. The van der Waals surface area contributed by atoms with Crippen molar-refractivity contribution in [1.29, 1.82) is 0 Å². The van der Waals surface area contributed by atoms with E-state index in [0.29, 0.717) is 0 Å². The summed E-state index contributed by atoms with van der Waals surface area (Å²) in [4.78, 5) is 15.8. The fourth-order valence-electron chi connectivity index (χ4n) is 6.65. The van der Waals surface area contributed by atoms with Crippen molar-refractivity contribution in [2.24, 2.45) is 5.73 Å². The second-order valence-electron chi connectivity index (χ2n) is 9.60. The average Bonchev–Trinajstić information content (AvgIpc) is 3.51. The number of nitrogens with two attached hydrogens (primary N) is 1. The number of carbonyl (C=O) groups excluding carboxylic acids is 1. The smallest absolute Gasteiger partial charge is 0.254 e. The molecule has 1 amide bonds. The highest BCUT2D eigenvalue weighted by Crippen LogP contribution is 2.58. The van der Waals surface area contributed by atoms with Gasteiger partial charge in [0.05, 0.1) is 27.5 Å². The van der Waals surface area contributed by atoms with E-state index in [4.69, 9.17) is 10.5 Å². The number of benzene rings is 3. The van der Waals surface area contributed by atoms with Gasteiger partial charge in [0, 0.05) is 39.5 Å². The molecule has 8 rings (SSSR count). The van der Waals surface area contributed by atoms with Gasteiger partial charge in [-0.3, -0.25) is 4.79 Å². The lowest BCUT2D eigenvalue weighted by atomic mass is 9.88. The Morgan fingerprint density at radius 1 is 1.03 bits per heavy atom. The van der Waals surface area contributed by atoms with Gasteiger partial charge >= 0.3 is 0 Å². The van der Waals surface area contributed by atoms with E-state index in [2.05, 4.69) is 9.55 Å². The SMILES string of the molecule is C[C@]12OC(C[C@@]1(O)C(N)=O)n1c3ccccc3c3c4c(O)[nH]cc4c4c5ccccc5n2c4c31. The number of nitrogens with zero attached hydrogens (tertiary/aromatic N) is 2. The van der Waals surface area contributed by atoms with E-state index < -0.39 is 23.5 Å². The van der Waals surface area contributed by atoms with Crippen LogP contribution in [-0.2, 0) is 15.3 Å². The van der Waals surface area contributed by atoms with Crippen molar-refractivity contribution in [3.63, 3.8) is 0 Å². The Morgan fingerprint density at radius 2 is 1.71 bits per heavy atom. The van der Waals surface area contributed by atoms with E-state index in [1.54, 1.807) is 6.92 Å². The van der Waals surface area contributed by atoms with Gasteiger partial charge in [0.2, 0.25) is 0 Å². The summed E-state index contributed by atoms with van der Waals surface area (Å²) in [5.74, 6) is -0.716. The molecule has 5 N–H and O–H groups in total. The fraction of sp³-hybridized carbons (Fsp3) is 0.192. The Morgan fingerprint density at radius 3 is 2.44 bits per heavy atom. The number of hydrogen-bond acceptors (Lipinski definition) is 4. The quantitative estimate of drug-likeness (QED) is 0.302. The van der Waals surface area contributed by atoms with Gasteiger partial charge in [0.15, 0.2) is 17.2 Å². The summed E-state index contributed by atoms with van der Waals surface area (Å²) in [6.07, 6.45) is 1.19. The van der Waals surface area contributed by atoms with Crippen LogP contribution >= 0.6 is 0 Å².